The van der Waals surface area contributed by atoms with E-state index in [0.29, 0.717) is 21.9 Å². The second kappa shape index (κ2) is 11.8. The SMILES string of the molecule is CCOC(=O)c1c(-c2ccccc2)csc1NC(NC(=O)COc1ccccc1C)C(Cl)(Cl)Cl. The summed E-state index contributed by atoms with van der Waals surface area (Å²) in [7, 11) is 0. The molecule has 0 radical (unpaired) electrons. The van der Waals surface area contributed by atoms with Gasteiger partial charge in [-0.1, -0.05) is 83.3 Å². The largest absolute Gasteiger partial charge is 0.484 e. The van der Waals surface area contributed by atoms with E-state index >= 15 is 0 Å². The van der Waals surface area contributed by atoms with Crippen LogP contribution >= 0.6 is 46.1 Å². The third-order valence-corrected chi connectivity index (χ3v) is 6.28. The normalized spacial score (nSPS) is 12.0. The van der Waals surface area contributed by atoms with Gasteiger partial charge >= 0.3 is 5.97 Å². The van der Waals surface area contributed by atoms with E-state index in [1.165, 1.54) is 11.3 Å². The van der Waals surface area contributed by atoms with Crippen LogP contribution in [0.4, 0.5) is 5.00 Å². The Morgan fingerprint density at radius 2 is 1.74 bits per heavy atom. The fraction of sp³-hybridized carbons (Fsp3) is 0.250. The summed E-state index contributed by atoms with van der Waals surface area (Å²) in [5.74, 6) is -0.460. The minimum Gasteiger partial charge on any atom is -0.484 e. The first-order valence-electron chi connectivity index (χ1n) is 10.4. The quantitative estimate of drug-likeness (QED) is 0.191. The molecule has 6 nitrogen and oxygen atoms in total. The molecular formula is C24H23Cl3N2O4S. The Bertz CT molecular complexity index is 1130. The fourth-order valence-electron chi connectivity index (χ4n) is 3.10. The van der Waals surface area contributed by atoms with E-state index in [4.69, 9.17) is 44.3 Å². The van der Waals surface area contributed by atoms with Gasteiger partial charge in [0.05, 0.1) is 6.61 Å². The van der Waals surface area contributed by atoms with Crippen LogP contribution < -0.4 is 15.4 Å². The maximum atomic E-state index is 12.8. The molecule has 1 aromatic heterocycles. The standard InChI is InChI=1S/C24H23Cl3N2O4S/c1-3-32-22(31)20-17(16-10-5-4-6-11-16)14-34-21(20)29-23(24(25,26)27)28-19(30)13-33-18-12-8-7-9-15(18)2/h4-12,14,23,29H,3,13H2,1-2H3,(H,28,30). The summed E-state index contributed by atoms with van der Waals surface area (Å²) in [6.07, 6.45) is -1.15. The highest BCUT2D eigenvalue weighted by Gasteiger charge is 2.36. The van der Waals surface area contributed by atoms with Crippen molar-refractivity contribution >= 4 is 63.0 Å². The number of rotatable bonds is 9. The number of para-hydroxylation sites is 1. The number of alkyl halides is 3. The maximum absolute atomic E-state index is 12.8. The molecule has 0 aliphatic heterocycles. The number of aryl methyl sites for hydroxylation is 1. The molecule has 180 valence electrons. The molecule has 0 aliphatic rings. The van der Waals surface area contributed by atoms with Gasteiger partial charge in [0.15, 0.2) is 6.61 Å². The number of esters is 1. The van der Waals surface area contributed by atoms with Gasteiger partial charge in [0.2, 0.25) is 3.79 Å². The van der Waals surface area contributed by atoms with E-state index in [-0.39, 0.29) is 13.2 Å². The minimum absolute atomic E-state index is 0.198. The number of halogens is 3. The molecule has 1 heterocycles. The van der Waals surface area contributed by atoms with E-state index in [1.54, 1.807) is 13.0 Å². The van der Waals surface area contributed by atoms with Crippen molar-refractivity contribution in [1.82, 2.24) is 5.32 Å². The first-order chi connectivity index (χ1) is 16.2. The molecule has 0 saturated heterocycles. The van der Waals surface area contributed by atoms with Gasteiger partial charge in [0.25, 0.3) is 5.91 Å². The van der Waals surface area contributed by atoms with Gasteiger partial charge in [-0.3, -0.25) is 4.79 Å². The highest BCUT2D eigenvalue weighted by atomic mass is 35.6. The van der Waals surface area contributed by atoms with Crippen LogP contribution in [0.2, 0.25) is 0 Å². The van der Waals surface area contributed by atoms with Gasteiger partial charge in [-0.2, -0.15) is 0 Å². The molecule has 10 heteroatoms. The zero-order valence-electron chi connectivity index (χ0n) is 18.4. The maximum Gasteiger partial charge on any atom is 0.341 e. The van der Waals surface area contributed by atoms with Crippen LogP contribution in [0.25, 0.3) is 11.1 Å². The van der Waals surface area contributed by atoms with Gasteiger partial charge < -0.3 is 20.1 Å². The molecule has 3 rings (SSSR count). The zero-order chi connectivity index (χ0) is 24.7. The second-order valence-electron chi connectivity index (χ2n) is 7.18. The van der Waals surface area contributed by atoms with Gasteiger partial charge in [0, 0.05) is 10.9 Å². The van der Waals surface area contributed by atoms with Gasteiger partial charge in [-0.25, -0.2) is 4.79 Å². The first kappa shape index (κ1) is 26.2. The Hall–Kier alpha value is -2.45. The van der Waals surface area contributed by atoms with Crippen LogP contribution in [0.1, 0.15) is 22.8 Å². The Morgan fingerprint density at radius 1 is 1.06 bits per heavy atom. The average Bonchev–Trinajstić information content (AvgIpc) is 3.22. The van der Waals surface area contributed by atoms with Crippen molar-refractivity contribution in [3.63, 3.8) is 0 Å². The third kappa shape index (κ3) is 6.79. The average molecular weight is 542 g/mol. The van der Waals surface area contributed by atoms with E-state index < -0.39 is 21.8 Å². The highest BCUT2D eigenvalue weighted by Crippen LogP contribution is 2.39. The second-order valence-corrected chi connectivity index (χ2v) is 10.4. The number of carbonyl (C=O) groups excluding carboxylic acids is 2. The van der Waals surface area contributed by atoms with Crippen molar-refractivity contribution in [3.8, 4) is 16.9 Å². The summed E-state index contributed by atoms with van der Waals surface area (Å²) < 4.78 is 8.91. The van der Waals surface area contributed by atoms with Crippen molar-refractivity contribution in [2.45, 2.75) is 23.8 Å². The van der Waals surface area contributed by atoms with Crippen molar-refractivity contribution in [3.05, 3.63) is 71.1 Å². The molecule has 0 bridgehead atoms. The molecule has 2 N–H and O–H groups in total. The summed E-state index contributed by atoms with van der Waals surface area (Å²) in [4.78, 5) is 25.4. The fourth-order valence-corrected chi connectivity index (χ4v) is 4.41. The van der Waals surface area contributed by atoms with E-state index in [1.807, 2.05) is 60.8 Å². The number of anilines is 1. The Morgan fingerprint density at radius 3 is 2.38 bits per heavy atom. The van der Waals surface area contributed by atoms with Crippen LogP contribution in [0, 0.1) is 6.92 Å². The molecule has 1 atom stereocenters. The lowest BCUT2D eigenvalue weighted by molar-refractivity contribution is -0.123. The number of carbonyl (C=O) groups is 2. The van der Waals surface area contributed by atoms with E-state index in [0.717, 1.165) is 11.1 Å². The van der Waals surface area contributed by atoms with Crippen LogP contribution in [0.5, 0.6) is 5.75 Å². The number of amides is 1. The Kier molecular flexibility index (Phi) is 9.08. The number of nitrogens with one attached hydrogen (secondary N) is 2. The predicted octanol–water partition coefficient (Wildman–Crippen LogP) is 6.20. The van der Waals surface area contributed by atoms with Gasteiger partial charge in [-0.15, -0.1) is 11.3 Å². The van der Waals surface area contributed by atoms with Crippen molar-refractivity contribution in [1.29, 1.82) is 0 Å². The summed E-state index contributed by atoms with van der Waals surface area (Å²) in [5.41, 5.74) is 2.68. The summed E-state index contributed by atoms with van der Waals surface area (Å²) in [6.45, 7) is 3.51. The summed E-state index contributed by atoms with van der Waals surface area (Å²) >= 11 is 19.7. The van der Waals surface area contributed by atoms with Crippen LogP contribution in [0.15, 0.2) is 60.0 Å². The number of ether oxygens (including phenoxy) is 2. The Labute approximate surface area is 217 Å². The molecule has 1 unspecified atom stereocenters. The number of thiophene rings is 1. The Balaban J connectivity index is 1.82. The van der Waals surface area contributed by atoms with Crippen LogP contribution in [0.3, 0.4) is 0 Å². The summed E-state index contributed by atoms with van der Waals surface area (Å²) in [6, 6.07) is 16.7. The lowest BCUT2D eigenvalue weighted by Crippen LogP contribution is -2.50. The van der Waals surface area contributed by atoms with Crippen molar-refractivity contribution in [2.24, 2.45) is 0 Å². The lowest BCUT2D eigenvalue weighted by atomic mass is 10.0. The van der Waals surface area contributed by atoms with Crippen LogP contribution in [-0.4, -0.2) is 35.0 Å². The molecule has 2 aromatic carbocycles. The molecule has 1 amide bonds. The minimum atomic E-state index is -1.93. The topological polar surface area (TPSA) is 76.7 Å². The molecular weight excluding hydrogens is 519 g/mol. The predicted molar refractivity (Wildman–Crippen MR) is 138 cm³/mol. The van der Waals surface area contributed by atoms with Crippen molar-refractivity contribution in [2.75, 3.05) is 18.5 Å². The van der Waals surface area contributed by atoms with Crippen molar-refractivity contribution < 1.29 is 19.1 Å². The summed E-state index contributed by atoms with van der Waals surface area (Å²) in [5, 5.41) is 7.82. The molecule has 34 heavy (non-hydrogen) atoms. The van der Waals surface area contributed by atoms with Gasteiger partial charge in [-0.05, 0) is 31.0 Å². The molecule has 0 spiro atoms. The molecule has 0 aliphatic carbocycles. The third-order valence-electron chi connectivity index (χ3n) is 4.72. The number of hydrogen-bond donors (Lipinski definition) is 2. The number of benzene rings is 2. The lowest BCUT2D eigenvalue weighted by Gasteiger charge is -2.27. The van der Waals surface area contributed by atoms with E-state index in [9.17, 15) is 9.59 Å². The van der Waals surface area contributed by atoms with Gasteiger partial charge in [0.1, 0.15) is 22.5 Å². The first-order valence-corrected chi connectivity index (χ1v) is 12.4. The van der Waals surface area contributed by atoms with E-state index in [2.05, 4.69) is 10.6 Å². The zero-order valence-corrected chi connectivity index (χ0v) is 21.5. The van der Waals surface area contributed by atoms with Crippen LogP contribution in [-0.2, 0) is 9.53 Å². The molecule has 0 saturated carbocycles. The highest BCUT2D eigenvalue weighted by molar-refractivity contribution is 7.15. The number of hydrogen-bond acceptors (Lipinski definition) is 6. The molecule has 3 aromatic rings. The molecule has 0 fully saturated rings. The smallest absolute Gasteiger partial charge is 0.341 e. The monoisotopic (exact) mass is 540 g/mol.